The standard InChI is InChI=1S/C25H20.C2H6.4CH4/c1-3-17-18-11-5-8-14-22(18)25(21(17)4-2)23-15-9-6-12-19(23)20-13-7-10-16-24(20)25;1-2;;;;/h3-16H,1-2H3;1-2H3;4*1H4/b17-3-,21-4+;;;;;. The van der Waals surface area contributed by atoms with Crippen molar-refractivity contribution < 1.29 is 0 Å². The second-order valence-corrected chi connectivity index (χ2v) is 6.79. The molecule has 5 rings (SSSR count). The minimum atomic E-state index is -0.180. The summed E-state index contributed by atoms with van der Waals surface area (Å²) in [4.78, 5) is 0. The van der Waals surface area contributed by atoms with Gasteiger partial charge in [-0.2, -0.15) is 0 Å². The Morgan fingerprint density at radius 1 is 0.516 bits per heavy atom. The molecular formula is C31H42. The smallest absolute Gasteiger partial charge is 0.0722 e. The van der Waals surface area contributed by atoms with Gasteiger partial charge in [0.25, 0.3) is 0 Å². The van der Waals surface area contributed by atoms with E-state index in [0.29, 0.717) is 0 Å². The Kier molecular flexibility index (Phi) is 9.95. The van der Waals surface area contributed by atoms with Gasteiger partial charge in [-0.05, 0) is 58.4 Å². The maximum atomic E-state index is 2.31. The third-order valence-electron chi connectivity index (χ3n) is 5.85. The van der Waals surface area contributed by atoms with E-state index in [0.717, 1.165) is 0 Å². The van der Waals surface area contributed by atoms with Crippen LogP contribution in [0.4, 0.5) is 0 Å². The molecule has 3 aromatic carbocycles. The van der Waals surface area contributed by atoms with E-state index < -0.39 is 0 Å². The maximum absolute atomic E-state index is 2.31. The number of hydrogen-bond acceptors (Lipinski definition) is 0. The lowest BCUT2D eigenvalue weighted by molar-refractivity contribution is 0.792. The van der Waals surface area contributed by atoms with Gasteiger partial charge in [-0.15, -0.1) is 0 Å². The van der Waals surface area contributed by atoms with Crippen LogP contribution in [-0.2, 0) is 5.41 Å². The molecule has 0 saturated heterocycles. The van der Waals surface area contributed by atoms with Crippen LogP contribution < -0.4 is 0 Å². The van der Waals surface area contributed by atoms with Gasteiger partial charge in [0.2, 0.25) is 0 Å². The van der Waals surface area contributed by atoms with Gasteiger partial charge < -0.3 is 0 Å². The third-order valence-corrected chi connectivity index (χ3v) is 5.85. The summed E-state index contributed by atoms with van der Waals surface area (Å²) in [5.41, 5.74) is 10.9. The van der Waals surface area contributed by atoms with Gasteiger partial charge >= 0.3 is 0 Å². The molecule has 3 aromatic rings. The molecule has 0 bridgehead atoms. The zero-order chi connectivity index (χ0) is 19.0. The maximum Gasteiger partial charge on any atom is 0.0722 e. The summed E-state index contributed by atoms with van der Waals surface area (Å²) in [5, 5.41) is 0. The van der Waals surface area contributed by atoms with Crippen molar-refractivity contribution in [2.75, 3.05) is 0 Å². The van der Waals surface area contributed by atoms with E-state index in [-0.39, 0.29) is 35.1 Å². The number of fused-ring (bicyclic) bond motifs is 7. The van der Waals surface area contributed by atoms with Crippen LogP contribution in [0.25, 0.3) is 16.7 Å². The molecule has 0 heteroatoms. The van der Waals surface area contributed by atoms with Gasteiger partial charge in [-0.3, -0.25) is 0 Å². The Morgan fingerprint density at radius 2 is 0.871 bits per heavy atom. The highest BCUT2D eigenvalue weighted by molar-refractivity contribution is 5.99. The zero-order valence-corrected chi connectivity index (χ0v) is 16.6. The van der Waals surface area contributed by atoms with Gasteiger partial charge in [0.1, 0.15) is 0 Å². The molecule has 2 aliphatic rings. The van der Waals surface area contributed by atoms with Crippen LogP contribution in [-0.4, -0.2) is 0 Å². The van der Waals surface area contributed by atoms with Crippen LogP contribution >= 0.6 is 0 Å². The number of benzene rings is 3. The Hall–Kier alpha value is -2.86. The fourth-order valence-corrected chi connectivity index (χ4v) is 5.04. The molecule has 0 amide bonds. The van der Waals surface area contributed by atoms with E-state index in [2.05, 4.69) is 98.8 Å². The fourth-order valence-electron chi connectivity index (χ4n) is 5.04. The van der Waals surface area contributed by atoms with Crippen molar-refractivity contribution in [3.8, 4) is 11.1 Å². The fraction of sp³-hybridized carbons (Fsp3) is 0.290. The summed E-state index contributed by atoms with van der Waals surface area (Å²) in [6.45, 7) is 8.33. The van der Waals surface area contributed by atoms with Gasteiger partial charge in [0.15, 0.2) is 0 Å². The van der Waals surface area contributed by atoms with Crippen molar-refractivity contribution in [1.29, 1.82) is 0 Å². The summed E-state index contributed by atoms with van der Waals surface area (Å²) < 4.78 is 0. The van der Waals surface area contributed by atoms with Crippen molar-refractivity contribution >= 4 is 5.57 Å². The molecule has 0 radical (unpaired) electrons. The van der Waals surface area contributed by atoms with Crippen molar-refractivity contribution in [1.82, 2.24) is 0 Å². The zero-order valence-electron chi connectivity index (χ0n) is 16.6. The van der Waals surface area contributed by atoms with Crippen LogP contribution in [0.5, 0.6) is 0 Å². The lowest BCUT2D eigenvalue weighted by Crippen LogP contribution is -2.25. The molecule has 0 heterocycles. The predicted molar refractivity (Wildman–Crippen MR) is 144 cm³/mol. The summed E-state index contributed by atoms with van der Waals surface area (Å²) in [6.07, 6.45) is 4.58. The molecule has 0 aliphatic heterocycles. The molecule has 31 heavy (non-hydrogen) atoms. The molecule has 166 valence electrons. The molecule has 2 aliphatic carbocycles. The van der Waals surface area contributed by atoms with Gasteiger partial charge in [0.05, 0.1) is 5.41 Å². The quantitative estimate of drug-likeness (QED) is 0.343. The van der Waals surface area contributed by atoms with E-state index in [4.69, 9.17) is 0 Å². The Balaban J connectivity index is 0.00000146. The van der Waals surface area contributed by atoms with Gasteiger partial charge in [-0.1, -0.05) is 129 Å². The van der Waals surface area contributed by atoms with E-state index in [9.17, 15) is 0 Å². The lowest BCUT2D eigenvalue weighted by Gasteiger charge is -2.30. The van der Waals surface area contributed by atoms with Crippen molar-refractivity contribution in [2.45, 2.75) is 62.8 Å². The molecular weight excluding hydrogens is 372 g/mol. The first-order valence-electron chi connectivity index (χ1n) is 9.96. The first-order valence-corrected chi connectivity index (χ1v) is 9.96. The van der Waals surface area contributed by atoms with E-state index in [1.807, 2.05) is 13.8 Å². The highest BCUT2D eigenvalue weighted by atomic mass is 14.5. The van der Waals surface area contributed by atoms with Crippen LogP contribution in [0.15, 0.2) is 90.5 Å². The molecule has 0 nitrogen and oxygen atoms in total. The highest BCUT2D eigenvalue weighted by Gasteiger charge is 2.52. The second-order valence-electron chi connectivity index (χ2n) is 6.79. The summed E-state index contributed by atoms with van der Waals surface area (Å²) in [5.74, 6) is 0. The molecule has 0 aromatic heterocycles. The Labute approximate surface area is 192 Å². The highest BCUT2D eigenvalue weighted by Crippen LogP contribution is 2.63. The first-order chi connectivity index (χ1) is 13.3. The van der Waals surface area contributed by atoms with Crippen molar-refractivity contribution in [2.24, 2.45) is 0 Å². The lowest BCUT2D eigenvalue weighted by atomic mass is 9.70. The second kappa shape index (κ2) is 11.0. The SMILES string of the molecule is C.C.C.C.C/C=C1\C(=C/C)C2(c3ccccc31)c1ccccc1-c1ccccc12.CC. The third kappa shape index (κ3) is 3.49. The average molecular weight is 415 g/mol. The van der Waals surface area contributed by atoms with E-state index >= 15 is 0 Å². The first kappa shape index (κ1) is 28.1. The van der Waals surface area contributed by atoms with Crippen LogP contribution in [0.3, 0.4) is 0 Å². The number of hydrogen-bond donors (Lipinski definition) is 0. The summed E-state index contributed by atoms with van der Waals surface area (Å²) in [6, 6.07) is 26.7. The average Bonchev–Trinajstić information content (AvgIpc) is 3.21. The molecule has 0 unspecified atom stereocenters. The predicted octanol–water partition coefficient (Wildman–Crippen LogP) is 9.94. The van der Waals surface area contributed by atoms with Crippen molar-refractivity contribution in [3.05, 3.63) is 113 Å². The summed E-state index contributed by atoms with van der Waals surface area (Å²) in [7, 11) is 0. The molecule has 0 N–H and O–H groups in total. The van der Waals surface area contributed by atoms with Crippen LogP contribution in [0, 0.1) is 0 Å². The normalized spacial score (nSPS) is 15.7. The molecule has 0 fully saturated rings. The van der Waals surface area contributed by atoms with E-state index in [1.54, 1.807) is 0 Å². The van der Waals surface area contributed by atoms with Crippen molar-refractivity contribution in [3.63, 3.8) is 0 Å². The van der Waals surface area contributed by atoms with E-state index in [1.165, 1.54) is 44.5 Å². The molecule has 1 spiro atoms. The largest absolute Gasteiger partial charge is 0.0822 e. The molecule has 0 atom stereocenters. The Bertz CT molecular complexity index is 1020. The molecule has 0 saturated carbocycles. The van der Waals surface area contributed by atoms with Gasteiger partial charge in [0, 0.05) is 0 Å². The van der Waals surface area contributed by atoms with Crippen LogP contribution in [0.1, 0.15) is 79.7 Å². The van der Waals surface area contributed by atoms with Gasteiger partial charge in [-0.25, -0.2) is 0 Å². The Morgan fingerprint density at radius 3 is 1.26 bits per heavy atom. The van der Waals surface area contributed by atoms with Crippen LogP contribution in [0.2, 0.25) is 0 Å². The number of rotatable bonds is 0. The minimum absolute atomic E-state index is 0. The topological polar surface area (TPSA) is 0 Å². The minimum Gasteiger partial charge on any atom is -0.0822 e. The number of allylic oxidation sites excluding steroid dienone is 4. The summed E-state index contributed by atoms with van der Waals surface area (Å²) >= 11 is 0. The monoisotopic (exact) mass is 414 g/mol.